The van der Waals surface area contributed by atoms with Gasteiger partial charge in [-0.3, -0.25) is 13.8 Å². The second kappa shape index (κ2) is 13.8. The van der Waals surface area contributed by atoms with Crippen molar-refractivity contribution in [2.24, 2.45) is 0 Å². The predicted octanol–water partition coefficient (Wildman–Crippen LogP) is 4.66. The Hall–Kier alpha value is -4.95. The van der Waals surface area contributed by atoms with E-state index < -0.39 is 32.5 Å². The van der Waals surface area contributed by atoms with Crippen LogP contribution in [0.3, 0.4) is 0 Å². The largest absolute Gasteiger partial charge is 0.497 e. The van der Waals surface area contributed by atoms with Crippen molar-refractivity contribution < 1.29 is 40.6 Å². The molecule has 0 atom stereocenters. The van der Waals surface area contributed by atoms with Gasteiger partial charge in [0.15, 0.2) is 11.5 Å². The van der Waals surface area contributed by atoms with Crippen molar-refractivity contribution in [2.45, 2.75) is 16.7 Å². The molecule has 0 radical (unpaired) electrons. The van der Waals surface area contributed by atoms with Gasteiger partial charge in [-0.1, -0.05) is 17.7 Å². The van der Waals surface area contributed by atoms with E-state index in [0.717, 1.165) is 9.87 Å². The lowest BCUT2D eigenvalue weighted by molar-refractivity contribution is -0.114. The summed E-state index contributed by atoms with van der Waals surface area (Å²) in [5.74, 6) is 0.280. The topological polar surface area (TPSA) is 150 Å². The molecule has 4 rings (SSSR count). The summed E-state index contributed by atoms with van der Waals surface area (Å²) < 4.78 is 78.5. The zero-order chi connectivity index (χ0) is 32.8. The molecule has 0 aliphatic carbocycles. The molecular formula is C31H33N3O9S2. The van der Waals surface area contributed by atoms with E-state index in [1.807, 2.05) is 6.92 Å². The second-order valence-electron chi connectivity index (χ2n) is 9.61. The Labute approximate surface area is 262 Å². The fraction of sp³-hybridized carbons (Fsp3) is 0.194. The molecule has 0 aliphatic heterocycles. The Balaban J connectivity index is 1.63. The van der Waals surface area contributed by atoms with Crippen molar-refractivity contribution in [1.82, 2.24) is 0 Å². The summed E-state index contributed by atoms with van der Waals surface area (Å²) in [6, 6.07) is 20.9. The molecule has 2 N–H and O–H groups in total. The van der Waals surface area contributed by atoms with Crippen LogP contribution in [0.15, 0.2) is 94.7 Å². The third kappa shape index (κ3) is 7.59. The van der Waals surface area contributed by atoms with Crippen LogP contribution in [-0.2, 0) is 24.8 Å². The minimum Gasteiger partial charge on any atom is -0.497 e. The molecule has 14 heteroatoms. The molecule has 0 saturated heterocycles. The van der Waals surface area contributed by atoms with Crippen LogP contribution in [-0.4, -0.2) is 57.7 Å². The summed E-state index contributed by atoms with van der Waals surface area (Å²) in [5.41, 5.74) is 1.68. The number of nitrogens with zero attached hydrogens (tertiary/aromatic N) is 1. The van der Waals surface area contributed by atoms with Gasteiger partial charge in [0.1, 0.15) is 18.0 Å². The molecular weight excluding hydrogens is 622 g/mol. The molecule has 0 heterocycles. The standard InChI is InChI=1S/C31H33N3O9S2/c1-21-6-8-23(9-7-21)33-44(36,37)25-13-10-22(11-14-25)32-31(35)20-34(27-18-24(40-2)12-16-28(27)41-3)45(38,39)26-15-17-29(42-4)30(19-26)43-5/h6-19,33H,20H2,1-5H3,(H,32,35). The fourth-order valence-corrected chi connectivity index (χ4v) is 6.78. The van der Waals surface area contributed by atoms with Gasteiger partial charge in [0.05, 0.1) is 43.9 Å². The van der Waals surface area contributed by atoms with E-state index in [9.17, 15) is 21.6 Å². The number of amides is 1. The number of benzene rings is 4. The first-order valence-electron chi connectivity index (χ1n) is 13.4. The first kappa shape index (κ1) is 33.0. The molecule has 0 unspecified atom stereocenters. The number of methoxy groups -OCH3 is 4. The number of ether oxygens (including phenoxy) is 4. The molecule has 238 valence electrons. The van der Waals surface area contributed by atoms with E-state index in [4.69, 9.17) is 18.9 Å². The summed E-state index contributed by atoms with van der Waals surface area (Å²) >= 11 is 0. The van der Waals surface area contributed by atoms with Crippen LogP contribution in [0, 0.1) is 6.92 Å². The second-order valence-corrected chi connectivity index (χ2v) is 13.2. The Bertz CT molecular complexity index is 1880. The number of nitrogens with one attached hydrogen (secondary N) is 2. The highest BCUT2D eigenvalue weighted by Crippen LogP contribution is 2.37. The normalized spacial score (nSPS) is 11.3. The number of carbonyl (C=O) groups is 1. The molecule has 4 aromatic carbocycles. The van der Waals surface area contributed by atoms with Gasteiger partial charge in [0, 0.05) is 23.5 Å². The van der Waals surface area contributed by atoms with Gasteiger partial charge in [-0.25, -0.2) is 16.8 Å². The van der Waals surface area contributed by atoms with Crippen molar-refractivity contribution in [3.05, 3.63) is 90.5 Å². The van der Waals surface area contributed by atoms with Gasteiger partial charge in [0.2, 0.25) is 5.91 Å². The molecule has 4 aromatic rings. The molecule has 0 spiro atoms. The minimum absolute atomic E-state index is 0.0279. The first-order chi connectivity index (χ1) is 21.4. The van der Waals surface area contributed by atoms with Gasteiger partial charge < -0.3 is 24.3 Å². The average Bonchev–Trinajstić information content (AvgIpc) is 3.04. The summed E-state index contributed by atoms with van der Waals surface area (Å²) in [4.78, 5) is 13.1. The van der Waals surface area contributed by atoms with Crippen molar-refractivity contribution in [2.75, 3.05) is 49.3 Å². The highest BCUT2D eigenvalue weighted by atomic mass is 32.2. The number of hydrogen-bond acceptors (Lipinski definition) is 9. The summed E-state index contributed by atoms with van der Waals surface area (Å²) in [6.07, 6.45) is 0. The Morgan fingerprint density at radius 1 is 0.667 bits per heavy atom. The van der Waals surface area contributed by atoms with Crippen LogP contribution < -0.4 is 33.3 Å². The molecule has 12 nitrogen and oxygen atoms in total. The Morgan fingerprint density at radius 2 is 1.24 bits per heavy atom. The number of sulfonamides is 2. The lowest BCUT2D eigenvalue weighted by atomic mass is 10.2. The maximum atomic E-state index is 14.1. The predicted molar refractivity (Wildman–Crippen MR) is 171 cm³/mol. The number of rotatable bonds is 13. The third-order valence-corrected chi connectivity index (χ3v) is 9.79. The molecule has 45 heavy (non-hydrogen) atoms. The summed E-state index contributed by atoms with van der Waals surface area (Å²) in [5, 5.41) is 2.63. The molecule has 0 bridgehead atoms. The van der Waals surface area contributed by atoms with Crippen LogP contribution in [0.25, 0.3) is 0 Å². The SMILES string of the molecule is COc1ccc(OC)c(N(CC(=O)Nc2ccc(S(=O)(=O)Nc3ccc(C)cc3)cc2)S(=O)(=O)c2ccc(OC)c(OC)c2)c1. The maximum absolute atomic E-state index is 14.1. The van der Waals surface area contributed by atoms with Crippen LogP contribution in [0.1, 0.15) is 5.56 Å². The average molecular weight is 656 g/mol. The molecule has 0 aromatic heterocycles. The van der Waals surface area contributed by atoms with Gasteiger partial charge in [-0.05, 0) is 67.6 Å². The number of hydrogen-bond donors (Lipinski definition) is 2. The lowest BCUT2D eigenvalue weighted by Gasteiger charge is -2.26. The number of aryl methyl sites for hydroxylation is 1. The Kier molecular flexibility index (Phi) is 10.1. The quantitative estimate of drug-likeness (QED) is 0.210. The van der Waals surface area contributed by atoms with Gasteiger partial charge >= 0.3 is 0 Å². The fourth-order valence-electron chi connectivity index (χ4n) is 4.28. The molecule has 1 amide bonds. The van der Waals surface area contributed by atoms with E-state index >= 15 is 0 Å². The third-order valence-electron chi connectivity index (χ3n) is 6.64. The minimum atomic E-state index is -4.40. The molecule has 0 saturated carbocycles. The van der Waals surface area contributed by atoms with Crippen LogP contribution in [0.5, 0.6) is 23.0 Å². The zero-order valence-corrected chi connectivity index (χ0v) is 26.9. The monoisotopic (exact) mass is 655 g/mol. The maximum Gasteiger partial charge on any atom is 0.265 e. The van der Waals surface area contributed by atoms with E-state index in [1.165, 1.54) is 83.0 Å². The highest BCUT2D eigenvalue weighted by molar-refractivity contribution is 7.93. The summed E-state index contributed by atoms with van der Waals surface area (Å²) in [6.45, 7) is 1.22. The summed E-state index contributed by atoms with van der Waals surface area (Å²) in [7, 11) is -2.71. The van der Waals surface area contributed by atoms with Gasteiger partial charge in [-0.2, -0.15) is 0 Å². The lowest BCUT2D eigenvalue weighted by Crippen LogP contribution is -2.38. The van der Waals surface area contributed by atoms with E-state index in [2.05, 4.69) is 10.0 Å². The van der Waals surface area contributed by atoms with Crippen LogP contribution in [0.4, 0.5) is 17.1 Å². The van der Waals surface area contributed by atoms with E-state index in [0.29, 0.717) is 17.2 Å². The zero-order valence-electron chi connectivity index (χ0n) is 25.2. The van der Waals surface area contributed by atoms with Crippen LogP contribution in [0.2, 0.25) is 0 Å². The van der Waals surface area contributed by atoms with E-state index in [-0.39, 0.29) is 32.7 Å². The first-order valence-corrected chi connectivity index (χ1v) is 16.3. The van der Waals surface area contributed by atoms with Crippen molar-refractivity contribution >= 4 is 43.0 Å². The molecule has 0 fully saturated rings. The van der Waals surface area contributed by atoms with E-state index in [1.54, 1.807) is 30.3 Å². The highest BCUT2D eigenvalue weighted by Gasteiger charge is 2.31. The number of anilines is 3. The molecule has 0 aliphatic rings. The van der Waals surface area contributed by atoms with Crippen molar-refractivity contribution in [3.8, 4) is 23.0 Å². The van der Waals surface area contributed by atoms with Gasteiger partial charge in [0.25, 0.3) is 20.0 Å². The smallest absolute Gasteiger partial charge is 0.265 e. The van der Waals surface area contributed by atoms with Crippen molar-refractivity contribution in [1.29, 1.82) is 0 Å². The van der Waals surface area contributed by atoms with Crippen LogP contribution >= 0.6 is 0 Å². The Morgan fingerprint density at radius 3 is 1.84 bits per heavy atom. The van der Waals surface area contributed by atoms with Crippen molar-refractivity contribution in [3.63, 3.8) is 0 Å². The van der Waals surface area contributed by atoms with Gasteiger partial charge in [-0.15, -0.1) is 0 Å². The number of carbonyl (C=O) groups excluding carboxylic acids is 1.